The van der Waals surface area contributed by atoms with E-state index in [1.54, 1.807) is 18.2 Å². The largest absolute Gasteiger partial charge is 0.494 e. The number of benzene rings is 3. The summed E-state index contributed by atoms with van der Waals surface area (Å²) in [6.07, 6.45) is 3.44. The van der Waals surface area contributed by atoms with E-state index in [0.29, 0.717) is 42.5 Å². The zero-order valence-corrected chi connectivity index (χ0v) is 22.9. The third kappa shape index (κ3) is 5.64. The van der Waals surface area contributed by atoms with Crippen LogP contribution in [0.25, 0.3) is 11.1 Å². The lowest BCUT2D eigenvalue weighted by molar-refractivity contribution is 0.105. The topological polar surface area (TPSA) is 72.9 Å². The molecule has 10 heteroatoms. The van der Waals surface area contributed by atoms with Crippen molar-refractivity contribution in [2.75, 3.05) is 33.1 Å². The first-order chi connectivity index (χ1) is 19.0. The third-order valence-corrected chi connectivity index (χ3v) is 8.71. The highest BCUT2D eigenvalue weighted by Crippen LogP contribution is 2.44. The quantitative estimate of drug-likeness (QED) is 0.347. The predicted molar refractivity (Wildman–Crippen MR) is 145 cm³/mol. The molecule has 0 radical (unpaired) electrons. The number of ether oxygens (including phenoxy) is 2. The van der Waals surface area contributed by atoms with Crippen LogP contribution in [-0.2, 0) is 10.0 Å². The van der Waals surface area contributed by atoms with Crippen molar-refractivity contribution in [2.24, 2.45) is 5.92 Å². The number of halogens is 3. The molecule has 0 unspecified atom stereocenters. The van der Waals surface area contributed by atoms with E-state index in [1.807, 2.05) is 0 Å². The Morgan fingerprint density at radius 2 is 1.57 bits per heavy atom. The summed E-state index contributed by atoms with van der Waals surface area (Å²) in [6, 6.07) is 12.1. The summed E-state index contributed by atoms with van der Waals surface area (Å²) in [5.41, 5.74) is 1.57. The molecule has 1 heterocycles. The summed E-state index contributed by atoms with van der Waals surface area (Å²) >= 11 is 0. The number of sulfonamides is 1. The van der Waals surface area contributed by atoms with Crippen LogP contribution >= 0.6 is 0 Å². The average molecular weight is 572 g/mol. The number of nitrogens with zero attached hydrogens (tertiary/aromatic N) is 1. The maximum absolute atomic E-state index is 14.6. The monoisotopic (exact) mass is 571 g/mol. The van der Waals surface area contributed by atoms with E-state index in [4.69, 9.17) is 9.47 Å². The highest BCUT2D eigenvalue weighted by atomic mass is 32.2. The Kier molecular flexibility index (Phi) is 7.74. The number of fused-ring (bicyclic) bond motifs is 1. The first-order valence-electron chi connectivity index (χ1n) is 12.9. The predicted octanol–water partition coefficient (Wildman–Crippen LogP) is 5.71. The molecule has 0 spiro atoms. The van der Waals surface area contributed by atoms with E-state index in [1.165, 1.54) is 35.9 Å². The van der Waals surface area contributed by atoms with Crippen LogP contribution in [0.4, 0.5) is 13.2 Å². The number of ketones is 1. The molecule has 210 valence electrons. The van der Waals surface area contributed by atoms with Gasteiger partial charge in [0.25, 0.3) is 0 Å². The van der Waals surface area contributed by atoms with Gasteiger partial charge in [0.05, 0.1) is 20.0 Å². The summed E-state index contributed by atoms with van der Waals surface area (Å²) in [5, 5.41) is 0. The number of piperidine rings is 1. The van der Waals surface area contributed by atoms with Crippen molar-refractivity contribution in [3.63, 3.8) is 0 Å². The highest BCUT2D eigenvalue weighted by molar-refractivity contribution is 7.88. The van der Waals surface area contributed by atoms with Gasteiger partial charge in [0, 0.05) is 35.9 Å². The molecule has 0 aromatic heterocycles. The molecular formula is C30H28F3NO5S. The van der Waals surface area contributed by atoms with Crippen molar-refractivity contribution >= 4 is 27.0 Å². The molecule has 40 heavy (non-hydrogen) atoms. The van der Waals surface area contributed by atoms with Crippen LogP contribution in [0.1, 0.15) is 46.3 Å². The molecule has 0 amide bonds. The first-order valence-corrected chi connectivity index (χ1v) is 14.7. The first kappa shape index (κ1) is 27.9. The Morgan fingerprint density at radius 1 is 0.875 bits per heavy atom. The zero-order chi connectivity index (χ0) is 28.6. The molecule has 1 fully saturated rings. The van der Waals surface area contributed by atoms with Gasteiger partial charge in [0.1, 0.15) is 17.4 Å². The number of Topliss-reactive ketones (excluding diaryl/α,β-unsaturated/α-hetero) is 1. The summed E-state index contributed by atoms with van der Waals surface area (Å²) < 4.78 is 78.9. The van der Waals surface area contributed by atoms with Gasteiger partial charge in [-0.3, -0.25) is 4.79 Å². The maximum atomic E-state index is 14.6. The van der Waals surface area contributed by atoms with E-state index < -0.39 is 33.3 Å². The lowest BCUT2D eigenvalue weighted by atomic mass is 9.94. The molecule has 3 aromatic carbocycles. The second kappa shape index (κ2) is 11.1. The van der Waals surface area contributed by atoms with Gasteiger partial charge >= 0.3 is 0 Å². The van der Waals surface area contributed by atoms with Crippen LogP contribution in [0.15, 0.2) is 54.6 Å². The molecule has 5 rings (SSSR count). The van der Waals surface area contributed by atoms with E-state index in [9.17, 15) is 26.4 Å². The molecule has 2 aliphatic rings. The normalized spacial score (nSPS) is 16.4. The van der Waals surface area contributed by atoms with Gasteiger partial charge in [-0.05, 0) is 84.3 Å². The van der Waals surface area contributed by atoms with Crippen molar-refractivity contribution in [1.82, 2.24) is 4.31 Å². The van der Waals surface area contributed by atoms with Gasteiger partial charge in [-0.15, -0.1) is 0 Å². The van der Waals surface area contributed by atoms with E-state index in [0.717, 1.165) is 37.5 Å². The number of carbonyl (C=O) groups excluding carboxylic acids is 1. The average Bonchev–Trinajstić information content (AvgIpc) is 3.19. The second-order valence-electron chi connectivity index (χ2n) is 10.0. The molecule has 0 N–H and O–H groups in total. The number of rotatable bonds is 8. The Balaban J connectivity index is 1.40. The molecule has 3 aromatic rings. The van der Waals surface area contributed by atoms with Crippen LogP contribution in [0, 0.1) is 23.4 Å². The molecule has 0 saturated carbocycles. The number of allylic oxidation sites excluding steroid dienone is 1. The number of hydrogen-bond donors (Lipinski definition) is 0. The van der Waals surface area contributed by atoms with E-state index >= 15 is 0 Å². The third-order valence-electron chi connectivity index (χ3n) is 7.41. The SMILES string of the molecule is COc1ccc(C2=C(c3cc(F)cc(F)c3)c3ccc(OCCC4CCN(S(C)(=O)=O)CC4)cc3C2=O)cc1F. The zero-order valence-electron chi connectivity index (χ0n) is 22.0. The van der Waals surface area contributed by atoms with Crippen molar-refractivity contribution in [3.8, 4) is 11.5 Å². The molecular weight excluding hydrogens is 543 g/mol. The summed E-state index contributed by atoms with van der Waals surface area (Å²) in [6.45, 7) is 1.35. The fourth-order valence-corrected chi connectivity index (χ4v) is 6.24. The minimum absolute atomic E-state index is 0.00309. The molecule has 6 nitrogen and oxygen atoms in total. The molecule has 1 aliphatic carbocycles. The fraction of sp³-hybridized carbons (Fsp3) is 0.300. The number of hydrogen-bond acceptors (Lipinski definition) is 5. The fourth-order valence-electron chi connectivity index (χ4n) is 5.37. The minimum atomic E-state index is -3.19. The van der Waals surface area contributed by atoms with Gasteiger partial charge in [-0.2, -0.15) is 0 Å². The Labute approximate surface area is 231 Å². The summed E-state index contributed by atoms with van der Waals surface area (Å²) in [7, 11) is -1.86. The van der Waals surface area contributed by atoms with Crippen LogP contribution in [0.5, 0.6) is 11.5 Å². The highest BCUT2D eigenvalue weighted by Gasteiger charge is 2.33. The van der Waals surface area contributed by atoms with Crippen molar-refractivity contribution in [3.05, 3.63) is 94.3 Å². The standard InChI is InChI=1S/C30H28F3NO5S/c1-38-27-6-3-19(15-26(27)33)29-28(20-13-21(31)16-22(32)14-20)24-5-4-23(17-25(24)30(29)35)39-12-9-18-7-10-34(11-8-18)40(2,36)37/h3-6,13-18H,7-12H2,1-2H3. The van der Waals surface area contributed by atoms with Crippen LogP contribution < -0.4 is 9.47 Å². The van der Waals surface area contributed by atoms with Crippen LogP contribution in [0.3, 0.4) is 0 Å². The van der Waals surface area contributed by atoms with Crippen molar-refractivity contribution in [1.29, 1.82) is 0 Å². The van der Waals surface area contributed by atoms with Gasteiger partial charge in [-0.25, -0.2) is 25.9 Å². The molecule has 1 saturated heterocycles. The maximum Gasteiger partial charge on any atom is 0.211 e. The van der Waals surface area contributed by atoms with Gasteiger partial charge in [0.15, 0.2) is 17.3 Å². The molecule has 0 atom stereocenters. The molecule has 1 aliphatic heterocycles. The Hall–Kier alpha value is -3.63. The Bertz CT molecular complexity index is 1590. The van der Waals surface area contributed by atoms with Crippen LogP contribution in [0.2, 0.25) is 0 Å². The van der Waals surface area contributed by atoms with Crippen molar-refractivity contribution in [2.45, 2.75) is 19.3 Å². The minimum Gasteiger partial charge on any atom is -0.494 e. The smallest absolute Gasteiger partial charge is 0.211 e. The second-order valence-corrected chi connectivity index (χ2v) is 12.0. The Morgan fingerprint density at radius 3 is 2.20 bits per heavy atom. The lowest BCUT2D eigenvalue weighted by Crippen LogP contribution is -2.38. The summed E-state index contributed by atoms with van der Waals surface area (Å²) in [4.78, 5) is 13.7. The van der Waals surface area contributed by atoms with E-state index in [-0.39, 0.29) is 28.0 Å². The van der Waals surface area contributed by atoms with Crippen molar-refractivity contribution < 1.29 is 35.9 Å². The number of carbonyl (C=O) groups is 1. The molecule has 0 bridgehead atoms. The van der Waals surface area contributed by atoms with Gasteiger partial charge in [-0.1, -0.05) is 6.07 Å². The summed E-state index contributed by atoms with van der Waals surface area (Å²) in [5.74, 6) is -1.92. The van der Waals surface area contributed by atoms with Crippen LogP contribution in [-0.4, -0.2) is 51.6 Å². The van der Waals surface area contributed by atoms with E-state index in [2.05, 4.69) is 0 Å². The lowest BCUT2D eigenvalue weighted by Gasteiger charge is -2.30. The van der Waals surface area contributed by atoms with Gasteiger partial charge < -0.3 is 9.47 Å². The van der Waals surface area contributed by atoms with Gasteiger partial charge in [0.2, 0.25) is 10.0 Å². The number of methoxy groups -OCH3 is 1.